The first-order valence-corrected chi connectivity index (χ1v) is 23.2. The molecule has 0 fully saturated rings. The number of hydrogen-bond donors (Lipinski definition) is 0. The van der Waals surface area contributed by atoms with Gasteiger partial charge >= 0.3 is 12.4 Å². The maximum absolute atomic E-state index is 13.7. The van der Waals surface area contributed by atoms with E-state index in [9.17, 15) is 43.5 Å². The van der Waals surface area contributed by atoms with Gasteiger partial charge in [0.1, 0.15) is 35.8 Å². The van der Waals surface area contributed by atoms with Crippen LogP contribution in [-0.4, -0.2) is 77.9 Å². The number of nitrogens with zero attached hydrogens (tertiary/aromatic N) is 6. The summed E-state index contributed by atoms with van der Waals surface area (Å²) in [5, 5.41) is 1.39. The second-order valence-electron chi connectivity index (χ2n) is 15.0. The van der Waals surface area contributed by atoms with E-state index in [-0.39, 0.29) is 24.3 Å². The van der Waals surface area contributed by atoms with Crippen molar-refractivity contribution in [3.05, 3.63) is 119 Å². The third-order valence-corrected chi connectivity index (χ3v) is 10.3. The molecule has 0 amide bonds. The molecule has 0 aliphatic heterocycles. The molecule has 0 aliphatic carbocycles. The maximum atomic E-state index is 13.7. The first-order valence-electron chi connectivity index (χ1n) is 18.5. The summed E-state index contributed by atoms with van der Waals surface area (Å²) >= 11 is 0. The molecule has 0 radical (unpaired) electrons. The van der Waals surface area contributed by atoms with Gasteiger partial charge in [-0.2, -0.15) is 35.1 Å². The molecule has 0 bridgehead atoms. The lowest BCUT2D eigenvalue weighted by Gasteiger charge is -2.20. The van der Waals surface area contributed by atoms with Gasteiger partial charge in [-0.15, -0.1) is 0 Å². The molecule has 0 saturated heterocycles. The Hall–Kier alpha value is -5.50. The lowest BCUT2D eigenvalue weighted by Crippen LogP contribution is -2.31. The quantitative estimate of drug-likeness (QED) is 0.124. The topological polar surface area (TPSA) is 129 Å². The Morgan fingerprint density at radius 2 is 0.935 bits per heavy atom. The Labute approximate surface area is 353 Å². The number of benzene rings is 4. The van der Waals surface area contributed by atoms with Gasteiger partial charge in [-0.3, -0.25) is 0 Å². The van der Waals surface area contributed by atoms with Gasteiger partial charge in [0.15, 0.2) is 12.2 Å². The molecule has 0 unspecified atom stereocenters. The highest BCUT2D eigenvalue weighted by Crippen LogP contribution is 2.34. The molecule has 6 rings (SSSR count). The minimum atomic E-state index is -4.58. The van der Waals surface area contributed by atoms with Gasteiger partial charge in [0.25, 0.3) is 0 Å². The lowest BCUT2D eigenvalue weighted by atomic mass is 10.0. The predicted octanol–water partition coefficient (Wildman–Crippen LogP) is 10.7. The van der Waals surface area contributed by atoms with E-state index in [0.717, 1.165) is 49.2 Å². The molecule has 20 heteroatoms. The molecule has 0 saturated carbocycles. The number of hydrogen-bond acceptors (Lipinski definition) is 10. The van der Waals surface area contributed by atoms with E-state index in [1.165, 1.54) is 49.8 Å². The van der Waals surface area contributed by atoms with Crippen LogP contribution in [0.5, 0.6) is 11.5 Å². The molecule has 62 heavy (non-hydrogen) atoms. The number of rotatable bonds is 10. The average Bonchev–Trinajstić information content (AvgIpc) is 3.11. The Balaban J connectivity index is 0.000000234. The van der Waals surface area contributed by atoms with Gasteiger partial charge in [0.2, 0.25) is 0 Å². The lowest BCUT2D eigenvalue weighted by molar-refractivity contribution is -0.189. The van der Waals surface area contributed by atoms with Gasteiger partial charge < -0.3 is 9.47 Å². The monoisotopic (exact) mass is 910 g/mol. The second-order valence-corrected chi connectivity index (χ2v) is 20.1. The van der Waals surface area contributed by atoms with Crippen LogP contribution < -0.4 is 9.47 Å². The fourth-order valence-corrected chi connectivity index (χ4v) is 7.46. The first-order chi connectivity index (χ1) is 28.7. The van der Waals surface area contributed by atoms with Crippen molar-refractivity contribution in [2.75, 3.05) is 25.0 Å². The van der Waals surface area contributed by atoms with Crippen molar-refractivity contribution in [1.82, 2.24) is 19.9 Å². The van der Waals surface area contributed by atoms with E-state index in [4.69, 9.17) is 9.47 Å². The molecule has 2 heterocycles. The highest BCUT2D eigenvalue weighted by atomic mass is 32.2. The highest BCUT2D eigenvalue weighted by Gasteiger charge is 2.39. The van der Waals surface area contributed by atoms with Gasteiger partial charge in [0, 0.05) is 91.4 Å². The van der Waals surface area contributed by atoms with Crippen LogP contribution in [0.4, 0.5) is 46.5 Å². The Kier molecular flexibility index (Phi) is 14.2. The average molecular weight is 911 g/mol. The zero-order chi connectivity index (χ0) is 45.9. The van der Waals surface area contributed by atoms with Gasteiger partial charge in [-0.25, -0.2) is 37.1 Å². The van der Waals surface area contributed by atoms with E-state index in [0.29, 0.717) is 55.7 Å². The number of aryl methyl sites for hydroxylation is 2. The Morgan fingerprint density at radius 1 is 0.581 bits per heavy atom. The van der Waals surface area contributed by atoms with Crippen LogP contribution >= 0.6 is 0 Å². The fraction of sp³-hybridized carbons (Fsp3) is 0.333. The molecule has 332 valence electrons. The number of halogens is 8. The summed E-state index contributed by atoms with van der Waals surface area (Å²) in [6.45, 7) is 5.36. The molecular formula is C42H42F8N6O4S2. The van der Waals surface area contributed by atoms with Crippen LogP contribution in [0.15, 0.2) is 82.0 Å². The van der Waals surface area contributed by atoms with Gasteiger partial charge in [0.05, 0.1) is 33.8 Å². The molecule has 2 atom stereocenters. The Morgan fingerprint density at radius 3 is 1.26 bits per heavy atom. The van der Waals surface area contributed by atoms with E-state index in [1.807, 2.05) is 13.8 Å². The summed E-state index contributed by atoms with van der Waals surface area (Å²) in [6.07, 6.45) is -4.39. The number of alkyl halides is 6. The standard InChI is InChI=1S/2C21H21F4N3O2S/c2*1-12-7-16(28-31(3,4)29)10-18-20(12)17(26-11-27-18)8-14-5-6-15(22)9-19(14)30-13(2)21(23,24)25/h2*5-7,9-11,13H,8H2,1-4H3/t2*13-/m10/s1. The number of ether oxygens (including phenoxy) is 2. The minimum absolute atomic E-state index is 0.106. The van der Waals surface area contributed by atoms with Crippen LogP contribution in [0.25, 0.3) is 21.8 Å². The molecular weight excluding hydrogens is 869 g/mol. The fourth-order valence-electron chi connectivity index (χ4n) is 6.23. The van der Waals surface area contributed by atoms with Crippen molar-refractivity contribution in [3.8, 4) is 11.5 Å². The van der Waals surface area contributed by atoms with E-state index < -0.39 is 55.7 Å². The summed E-state index contributed by atoms with van der Waals surface area (Å²) in [7, 11) is -4.73. The number of fused-ring (bicyclic) bond motifs is 2. The zero-order valence-electron chi connectivity index (χ0n) is 34.7. The summed E-state index contributed by atoms with van der Waals surface area (Å²) in [6, 6.07) is 13.8. The van der Waals surface area contributed by atoms with Crippen LogP contribution in [0.3, 0.4) is 0 Å². The Bertz CT molecular complexity index is 2680. The first kappa shape index (κ1) is 47.5. The summed E-state index contributed by atoms with van der Waals surface area (Å²) < 4.78 is 148. The molecule has 2 aromatic heterocycles. The van der Waals surface area contributed by atoms with Crippen molar-refractivity contribution in [3.63, 3.8) is 0 Å². The van der Waals surface area contributed by atoms with Crippen molar-refractivity contribution in [2.24, 2.45) is 8.73 Å². The summed E-state index contributed by atoms with van der Waals surface area (Å²) in [4.78, 5) is 17.1. The van der Waals surface area contributed by atoms with E-state index in [1.54, 1.807) is 24.3 Å². The zero-order valence-corrected chi connectivity index (χ0v) is 36.3. The van der Waals surface area contributed by atoms with E-state index in [2.05, 4.69) is 28.7 Å². The smallest absolute Gasteiger partial charge is 0.425 e. The predicted molar refractivity (Wildman–Crippen MR) is 223 cm³/mol. The summed E-state index contributed by atoms with van der Waals surface area (Å²) in [5.74, 6) is -1.80. The third-order valence-electron chi connectivity index (χ3n) is 8.95. The molecule has 0 aliphatic rings. The van der Waals surface area contributed by atoms with Crippen LogP contribution in [0, 0.1) is 25.5 Å². The molecule has 4 aromatic carbocycles. The normalized spacial score (nSPS) is 13.3. The van der Waals surface area contributed by atoms with Gasteiger partial charge in [-0.05, 0) is 75.2 Å². The molecule has 10 nitrogen and oxygen atoms in total. The maximum Gasteiger partial charge on any atom is 0.425 e. The largest absolute Gasteiger partial charge is 0.481 e. The van der Waals surface area contributed by atoms with Crippen LogP contribution in [-0.2, 0) is 32.3 Å². The molecule has 0 N–H and O–H groups in total. The second kappa shape index (κ2) is 18.5. The van der Waals surface area contributed by atoms with Crippen molar-refractivity contribution in [1.29, 1.82) is 0 Å². The van der Waals surface area contributed by atoms with Crippen LogP contribution in [0.1, 0.15) is 47.5 Å². The third kappa shape index (κ3) is 12.8. The number of aromatic nitrogens is 4. The van der Waals surface area contributed by atoms with Crippen molar-refractivity contribution < 1.29 is 53.0 Å². The summed E-state index contributed by atoms with van der Waals surface area (Å²) in [5.41, 5.74) is 5.46. The van der Waals surface area contributed by atoms with E-state index >= 15 is 0 Å². The van der Waals surface area contributed by atoms with Crippen molar-refractivity contribution in [2.45, 2.75) is 65.1 Å². The molecule has 0 spiro atoms. The van der Waals surface area contributed by atoms with Gasteiger partial charge in [-0.1, -0.05) is 12.1 Å². The van der Waals surface area contributed by atoms with Crippen LogP contribution in [0.2, 0.25) is 0 Å². The minimum Gasteiger partial charge on any atom is -0.481 e. The van der Waals surface area contributed by atoms with Crippen molar-refractivity contribution >= 4 is 52.6 Å². The molecule has 6 aromatic rings. The highest BCUT2D eigenvalue weighted by molar-refractivity contribution is 7.92. The SMILES string of the molecule is Cc1cc(N=S(C)(C)=O)cc2ncnc(Cc3ccc(F)cc3O[C@@H](C)C(F)(F)F)c12.Cc1cc(N=S(C)(C)=O)cc2ncnc(Cc3ccc(F)cc3O[C@H](C)C(F)(F)F)c12.